The van der Waals surface area contributed by atoms with Gasteiger partial charge in [-0.05, 0) is 25.7 Å². The highest BCUT2D eigenvalue weighted by atomic mass is 32.2. The van der Waals surface area contributed by atoms with Gasteiger partial charge in [-0.2, -0.15) is 8.42 Å². The van der Waals surface area contributed by atoms with Crippen LogP contribution in [0.25, 0.3) is 0 Å². The molecule has 1 aliphatic rings. The molecule has 0 spiro atoms. The summed E-state index contributed by atoms with van der Waals surface area (Å²) >= 11 is 0. The van der Waals surface area contributed by atoms with Crippen molar-refractivity contribution in [3.63, 3.8) is 0 Å². The van der Waals surface area contributed by atoms with Gasteiger partial charge in [0.25, 0.3) is 10.1 Å². The third-order valence-electron chi connectivity index (χ3n) is 1.99. The Morgan fingerprint density at radius 1 is 1.55 bits per heavy atom. The van der Waals surface area contributed by atoms with Crippen LogP contribution in [-0.4, -0.2) is 18.2 Å². The van der Waals surface area contributed by atoms with E-state index in [0.717, 1.165) is 18.4 Å². The predicted molar refractivity (Wildman–Crippen MR) is 42.9 cm³/mol. The number of allylic oxidation sites excluding steroid dienone is 1. The monoisotopic (exact) mass is 176 g/mol. The molecule has 0 aromatic rings. The van der Waals surface area contributed by atoms with Crippen molar-refractivity contribution in [2.45, 2.75) is 30.9 Å². The van der Waals surface area contributed by atoms with Gasteiger partial charge in [0.05, 0.1) is 5.25 Å². The summed E-state index contributed by atoms with van der Waals surface area (Å²) < 4.78 is 30.0. The summed E-state index contributed by atoms with van der Waals surface area (Å²) in [6.45, 7) is 3.70. The van der Waals surface area contributed by atoms with Gasteiger partial charge in [-0.15, -0.1) is 0 Å². The molecular formula is C7H12O3S. The van der Waals surface area contributed by atoms with E-state index >= 15 is 0 Å². The summed E-state index contributed by atoms with van der Waals surface area (Å²) in [5, 5.41) is -0.594. The van der Waals surface area contributed by atoms with E-state index in [0.29, 0.717) is 12.8 Å². The van der Waals surface area contributed by atoms with Crippen LogP contribution in [0, 0.1) is 0 Å². The number of hydrogen-bond donors (Lipinski definition) is 1. The standard InChI is InChI=1S/C7H12O3S/c1-6-3-2-4-7(5-6)11(8,9)10/h7H,1-5H2,(H,8,9,10). The molecule has 64 valence electrons. The largest absolute Gasteiger partial charge is 0.285 e. The van der Waals surface area contributed by atoms with Crippen LogP contribution in [-0.2, 0) is 10.1 Å². The zero-order valence-electron chi connectivity index (χ0n) is 6.28. The number of hydrogen-bond acceptors (Lipinski definition) is 2. The van der Waals surface area contributed by atoms with Gasteiger partial charge in [0.1, 0.15) is 0 Å². The molecule has 1 aliphatic carbocycles. The average Bonchev–Trinajstić information content (AvgIpc) is 1.86. The molecule has 1 unspecified atom stereocenters. The first kappa shape index (κ1) is 8.74. The van der Waals surface area contributed by atoms with Crippen molar-refractivity contribution in [3.05, 3.63) is 12.2 Å². The first-order chi connectivity index (χ1) is 5.00. The van der Waals surface area contributed by atoms with Gasteiger partial charge in [-0.3, -0.25) is 4.55 Å². The third kappa shape index (κ3) is 2.31. The van der Waals surface area contributed by atoms with Crippen molar-refractivity contribution < 1.29 is 13.0 Å². The maximum Gasteiger partial charge on any atom is 0.268 e. The Bertz CT molecular complexity index is 253. The SMILES string of the molecule is C=C1CCCC(S(=O)(=O)O)C1. The minimum atomic E-state index is -3.82. The van der Waals surface area contributed by atoms with Crippen molar-refractivity contribution in [2.75, 3.05) is 0 Å². The highest BCUT2D eigenvalue weighted by molar-refractivity contribution is 7.86. The minimum absolute atomic E-state index is 0.429. The molecule has 0 amide bonds. The minimum Gasteiger partial charge on any atom is -0.285 e. The van der Waals surface area contributed by atoms with Crippen LogP contribution in [0.2, 0.25) is 0 Å². The summed E-state index contributed by atoms with van der Waals surface area (Å²) in [5.41, 5.74) is 0.930. The second kappa shape index (κ2) is 2.95. The maximum atomic E-state index is 10.6. The Kier molecular flexibility index (Phi) is 2.34. The fourth-order valence-corrected chi connectivity index (χ4v) is 2.27. The zero-order valence-corrected chi connectivity index (χ0v) is 7.10. The van der Waals surface area contributed by atoms with E-state index in [9.17, 15) is 8.42 Å². The van der Waals surface area contributed by atoms with Gasteiger partial charge in [-0.25, -0.2) is 0 Å². The van der Waals surface area contributed by atoms with E-state index in [2.05, 4.69) is 6.58 Å². The van der Waals surface area contributed by atoms with Crippen LogP contribution in [0.1, 0.15) is 25.7 Å². The van der Waals surface area contributed by atoms with Gasteiger partial charge < -0.3 is 0 Å². The Morgan fingerprint density at radius 3 is 2.55 bits per heavy atom. The molecule has 1 N–H and O–H groups in total. The third-order valence-corrected chi connectivity index (χ3v) is 3.24. The Labute approximate surface area is 66.9 Å². The summed E-state index contributed by atoms with van der Waals surface area (Å²) in [4.78, 5) is 0. The molecule has 0 radical (unpaired) electrons. The van der Waals surface area contributed by atoms with Gasteiger partial charge in [0.2, 0.25) is 0 Å². The van der Waals surface area contributed by atoms with Crippen molar-refractivity contribution in [3.8, 4) is 0 Å². The lowest BCUT2D eigenvalue weighted by Crippen LogP contribution is -2.23. The summed E-state index contributed by atoms with van der Waals surface area (Å²) in [7, 11) is -3.82. The molecular weight excluding hydrogens is 164 g/mol. The molecule has 0 saturated heterocycles. The van der Waals surface area contributed by atoms with Crippen LogP contribution in [0.15, 0.2) is 12.2 Å². The van der Waals surface area contributed by atoms with E-state index in [1.54, 1.807) is 0 Å². The van der Waals surface area contributed by atoms with E-state index in [4.69, 9.17) is 4.55 Å². The lowest BCUT2D eigenvalue weighted by Gasteiger charge is -2.20. The molecule has 11 heavy (non-hydrogen) atoms. The van der Waals surface area contributed by atoms with Gasteiger partial charge >= 0.3 is 0 Å². The van der Waals surface area contributed by atoms with Gasteiger partial charge in [-0.1, -0.05) is 12.2 Å². The summed E-state index contributed by atoms with van der Waals surface area (Å²) in [5.74, 6) is 0. The first-order valence-corrected chi connectivity index (χ1v) is 5.13. The van der Waals surface area contributed by atoms with Gasteiger partial charge in [0, 0.05) is 0 Å². The van der Waals surface area contributed by atoms with Gasteiger partial charge in [0.15, 0.2) is 0 Å². The Hall–Kier alpha value is -0.350. The van der Waals surface area contributed by atoms with Crippen LogP contribution in [0.4, 0.5) is 0 Å². The van der Waals surface area contributed by atoms with Crippen molar-refractivity contribution in [1.82, 2.24) is 0 Å². The topological polar surface area (TPSA) is 54.4 Å². The molecule has 0 aliphatic heterocycles. The first-order valence-electron chi connectivity index (χ1n) is 3.63. The van der Waals surface area contributed by atoms with Crippen molar-refractivity contribution >= 4 is 10.1 Å². The summed E-state index contributed by atoms with van der Waals surface area (Å²) in [6.07, 6.45) is 2.71. The molecule has 0 aromatic carbocycles. The molecule has 1 saturated carbocycles. The Morgan fingerprint density at radius 2 is 2.18 bits per heavy atom. The fraction of sp³-hybridized carbons (Fsp3) is 0.714. The second-order valence-electron chi connectivity index (χ2n) is 2.98. The van der Waals surface area contributed by atoms with E-state index in [1.807, 2.05) is 0 Å². The van der Waals surface area contributed by atoms with E-state index in [1.165, 1.54) is 0 Å². The molecule has 4 heteroatoms. The molecule has 1 rings (SSSR count). The fourth-order valence-electron chi connectivity index (χ4n) is 1.36. The lowest BCUT2D eigenvalue weighted by molar-refractivity contribution is 0.448. The normalized spacial score (nSPS) is 27.0. The second-order valence-corrected chi connectivity index (χ2v) is 4.68. The molecule has 1 fully saturated rings. The van der Waals surface area contributed by atoms with Crippen LogP contribution in [0.5, 0.6) is 0 Å². The highest BCUT2D eigenvalue weighted by Gasteiger charge is 2.26. The molecule has 0 heterocycles. The van der Waals surface area contributed by atoms with Crippen LogP contribution in [0.3, 0.4) is 0 Å². The van der Waals surface area contributed by atoms with E-state index in [-0.39, 0.29) is 0 Å². The smallest absolute Gasteiger partial charge is 0.268 e. The quantitative estimate of drug-likeness (QED) is 0.485. The number of rotatable bonds is 1. The van der Waals surface area contributed by atoms with E-state index < -0.39 is 15.4 Å². The molecule has 3 nitrogen and oxygen atoms in total. The maximum absolute atomic E-state index is 10.6. The average molecular weight is 176 g/mol. The predicted octanol–water partition coefficient (Wildman–Crippen LogP) is 1.37. The zero-order chi connectivity index (χ0) is 8.48. The van der Waals surface area contributed by atoms with Crippen LogP contribution < -0.4 is 0 Å². The molecule has 1 atom stereocenters. The summed E-state index contributed by atoms with van der Waals surface area (Å²) in [6, 6.07) is 0. The van der Waals surface area contributed by atoms with Crippen molar-refractivity contribution in [2.24, 2.45) is 0 Å². The lowest BCUT2D eigenvalue weighted by atomic mass is 9.96. The van der Waals surface area contributed by atoms with Crippen molar-refractivity contribution in [1.29, 1.82) is 0 Å². The highest BCUT2D eigenvalue weighted by Crippen LogP contribution is 2.26. The molecule has 0 aromatic heterocycles. The Balaban J connectivity index is 2.68. The van der Waals surface area contributed by atoms with Crippen LogP contribution >= 0.6 is 0 Å². The molecule has 0 bridgehead atoms.